The lowest BCUT2D eigenvalue weighted by molar-refractivity contribution is 1.33. The quantitative estimate of drug-likeness (QED) is 0.0940. The molecule has 102 heavy (non-hydrogen) atoms. The molecule has 0 aliphatic carbocycles. The molecule has 0 aliphatic heterocycles. The summed E-state index contributed by atoms with van der Waals surface area (Å²) < 4.78 is 0. The van der Waals surface area contributed by atoms with Crippen molar-refractivity contribution in [2.24, 2.45) is 0 Å². The first-order chi connectivity index (χ1) is 50.7. The van der Waals surface area contributed by atoms with Gasteiger partial charge in [-0.15, -0.1) is 0 Å². The van der Waals surface area contributed by atoms with Crippen LogP contribution in [0.15, 0.2) is 419 Å². The first-order valence-corrected chi connectivity index (χ1v) is 35.1. The van der Waals surface area contributed by atoms with Crippen LogP contribution in [0.1, 0.15) is 0 Å². The van der Waals surface area contributed by atoms with Crippen molar-refractivity contribution in [2.75, 3.05) is 0 Å². The fraction of sp³-hybridized carbons (Fsp3) is 0. The van der Waals surface area contributed by atoms with E-state index in [1.165, 1.54) is 44.5 Å². The molecule has 0 radical (unpaired) electrons. The van der Waals surface area contributed by atoms with Gasteiger partial charge in [-0.05, 0) is 203 Å². The maximum atomic E-state index is 4.88. The fourth-order valence-corrected chi connectivity index (χ4v) is 15.2. The molecule has 0 bridgehead atoms. The van der Waals surface area contributed by atoms with Gasteiger partial charge in [0.1, 0.15) is 0 Å². The van der Waals surface area contributed by atoms with E-state index in [4.69, 9.17) is 4.98 Å². The van der Waals surface area contributed by atoms with Crippen molar-refractivity contribution < 1.29 is 0 Å². The molecule has 0 aliphatic rings. The van der Waals surface area contributed by atoms with Crippen molar-refractivity contribution in [1.29, 1.82) is 0 Å². The van der Waals surface area contributed by atoms with Crippen molar-refractivity contribution in [1.82, 2.24) is 4.98 Å². The molecule has 1 aromatic heterocycles. The van der Waals surface area contributed by atoms with E-state index in [9.17, 15) is 0 Å². The predicted molar refractivity (Wildman–Crippen MR) is 431 cm³/mol. The number of benzene rings is 16. The molecular formula is C101H69N. The summed E-state index contributed by atoms with van der Waals surface area (Å²) in [5, 5.41) is 0. The van der Waals surface area contributed by atoms with E-state index in [-0.39, 0.29) is 0 Å². The second-order valence-corrected chi connectivity index (χ2v) is 25.9. The Labute approximate surface area is 598 Å². The third-order valence-corrected chi connectivity index (χ3v) is 19.8. The monoisotopic (exact) mass is 1300 g/mol. The number of hydrogen-bond donors (Lipinski definition) is 0. The lowest BCUT2D eigenvalue weighted by Crippen LogP contribution is -2.00. The number of pyridine rings is 1. The standard InChI is InChI=1S/C101H69N/c1-11-34-70(35-12-1)86-67-89(95(77-44-21-6-22-45-77)99(80-50-27-9-28-51-80)93(86)75-40-17-4-18-41-75)73-57-61-82(62-58-73)98-88(72-38-15-3-16-39-72)69-91(84-54-33-55-85(66-84)92-56-31-32-65-102-92)97(79-48-25-8-26-49-79)101(98)83-63-59-74(60-64-83)90-68-87(71-36-13-2-14-37-71)94(76-42-19-5-20-43-76)100(81-52-29-10-30-53-81)96(90)78-46-23-7-24-47-78/h1-69H. The lowest BCUT2D eigenvalue weighted by Gasteiger charge is -2.26. The fourth-order valence-electron chi connectivity index (χ4n) is 15.2. The van der Waals surface area contributed by atoms with Crippen molar-refractivity contribution in [2.45, 2.75) is 0 Å². The molecule has 0 saturated heterocycles. The van der Waals surface area contributed by atoms with Gasteiger partial charge in [0.2, 0.25) is 0 Å². The van der Waals surface area contributed by atoms with E-state index in [0.717, 1.165) is 134 Å². The van der Waals surface area contributed by atoms with E-state index >= 15 is 0 Å². The number of nitrogens with zero attached hydrogens (tertiary/aromatic N) is 1. The van der Waals surface area contributed by atoms with E-state index in [1.54, 1.807) is 0 Å². The Kier molecular flexibility index (Phi) is 17.2. The van der Waals surface area contributed by atoms with Crippen LogP contribution in [-0.4, -0.2) is 4.98 Å². The molecule has 1 nitrogen and oxygen atoms in total. The summed E-state index contributed by atoms with van der Waals surface area (Å²) in [5.41, 5.74) is 36.3. The van der Waals surface area contributed by atoms with Gasteiger partial charge in [0.05, 0.1) is 5.69 Å². The van der Waals surface area contributed by atoms with E-state index < -0.39 is 0 Å². The molecule has 17 rings (SSSR count). The summed E-state index contributed by atoms with van der Waals surface area (Å²) in [6.45, 7) is 0. The Hall–Kier alpha value is -13.3. The summed E-state index contributed by atoms with van der Waals surface area (Å²) >= 11 is 0. The van der Waals surface area contributed by atoms with Crippen LogP contribution < -0.4 is 0 Å². The molecule has 0 fully saturated rings. The highest BCUT2D eigenvalue weighted by Gasteiger charge is 2.29. The Morgan fingerprint density at radius 3 is 0.569 bits per heavy atom. The highest BCUT2D eigenvalue weighted by Crippen LogP contribution is 2.55. The van der Waals surface area contributed by atoms with E-state index in [2.05, 4.69) is 406 Å². The van der Waals surface area contributed by atoms with Crippen LogP contribution in [0.5, 0.6) is 0 Å². The first-order valence-electron chi connectivity index (χ1n) is 35.1. The van der Waals surface area contributed by atoms with Crippen LogP contribution in [0, 0.1) is 0 Å². The minimum absolute atomic E-state index is 0.922. The molecule has 0 saturated carbocycles. The largest absolute Gasteiger partial charge is 0.256 e. The van der Waals surface area contributed by atoms with Crippen LogP contribution in [0.3, 0.4) is 0 Å². The van der Waals surface area contributed by atoms with Crippen molar-refractivity contribution >= 4 is 0 Å². The zero-order valence-electron chi connectivity index (χ0n) is 56.3. The molecule has 478 valence electrons. The molecule has 0 atom stereocenters. The second-order valence-electron chi connectivity index (χ2n) is 25.9. The van der Waals surface area contributed by atoms with Crippen molar-refractivity contribution in [3.05, 3.63) is 419 Å². The van der Waals surface area contributed by atoms with Gasteiger partial charge in [0, 0.05) is 11.8 Å². The highest BCUT2D eigenvalue weighted by atomic mass is 14.7. The Balaban J connectivity index is 0.950. The predicted octanol–water partition coefficient (Wildman–Crippen LogP) is 27.8. The average Bonchev–Trinajstić information content (AvgIpc) is 0.740. The average molecular weight is 1300 g/mol. The molecular weight excluding hydrogens is 1230 g/mol. The molecule has 1 heteroatoms. The molecule has 16 aromatic carbocycles. The summed E-state index contributed by atoms with van der Waals surface area (Å²) in [7, 11) is 0. The number of hydrogen-bond acceptors (Lipinski definition) is 1. The van der Waals surface area contributed by atoms with E-state index in [0.29, 0.717) is 0 Å². The van der Waals surface area contributed by atoms with Crippen LogP contribution in [-0.2, 0) is 0 Å². The molecule has 1 heterocycles. The van der Waals surface area contributed by atoms with Gasteiger partial charge >= 0.3 is 0 Å². The maximum Gasteiger partial charge on any atom is 0.0702 e. The molecule has 0 unspecified atom stereocenters. The zero-order valence-corrected chi connectivity index (χ0v) is 56.3. The van der Waals surface area contributed by atoms with Crippen molar-refractivity contribution in [3.63, 3.8) is 0 Å². The van der Waals surface area contributed by atoms with Crippen LogP contribution in [0.25, 0.3) is 178 Å². The highest BCUT2D eigenvalue weighted by molar-refractivity contribution is 6.12. The third-order valence-electron chi connectivity index (χ3n) is 19.8. The van der Waals surface area contributed by atoms with Gasteiger partial charge < -0.3 is 0 Å². The topological polar surface area (TPSA) is 12.9 Å². The van der Waals surface area contributed by atoms with Gasteiger partial charge in [-0.25, -0.2) is 0 Å². The Morgan fingerprint density at radius 1 is 0.118 bits per heavy atom. The summed E-state index contributed by atoms with van der Waals surface area (Å²) in [6.07, 6.45) is 1.88. The SMILES string of the molecule is c1ccc(-c2cc(-c3ccc(-c4c(-c5ccccc5)cc(-c5cccc(-c6ccccn6)c5)c(-c5ccccc5)c4-c4ccc(-c5cc(-c6ccccc6)c(-c6ccccc6)c(-c6ccccc6)c5-c5ccccc5)cc4)cc3)c(-c3ccccc3)c(-c3ccccc3)c2-c2ccccc2)cc1. The Morgan fingerprint density at radius 2 is 0.304 bits per heavy atom. The first kappa shape index (κ1) is 62.2. The van der Waals surface area contributed by atoms with Gasteiger partial charge in [0.25, 0.3) is 0 Å². The summed E-state index contributed by atoms with van der Waals surface area (Å²) in [5.74, 6) is 0. The van der Waals surface area contributed by atoms with E-state index in [1.807, 2.05) is 12.3 Å². The van der Waals surface area contributed by atoms with Gasteiger partial charge in [-0.1, -0.05) is 376 Å². The minimum Gasteiger partial charge on any atom is -0.256 e. The molecule has 0 N–H and O–H groups in total. The van der Waals surface area contributed by atoms with Crippen molar-refractivity contribution in [3.8, 4) is 178 Å². The number of rotatable bonds is 16. The van der Waals surface area contributed by atoms with Crippen LogP contribution in [0.2, 0.25) is 0 Å². The van der Waals surface area contributed by atoms with Gasteiger partial charge in [-0.2, -0.15) is 0 Å². The lowest BCUT2D eigenvalue weighted by atomic mass is 9.77. The van der Waals surface area contributed by atoms with Gasteiger partial charge in [0.15, 0.2) is 0 Å². The third kappa shape index (κ3) is 12.2. The second kappa shape index (κ2) is 28.3. The van der Waals surface area contributed by atoms with Crippen LogP contribution in [0.4, 0.5) is 0 Å². The molecule has 0 amide bonds. The molecule has 17 aromatic rings. The maximum absolute atomic E-state index is 4.88. The normalized spacial score (nSPS) is 11.1. The Bertz CT molecular complexity index is 5740. The summed E-state index contributed by atoms with van der Waals surface area (Å²) in [6, 6.07) is 151. The summed E-state index contributed by atoms with van der Waals surface area (Å²) in [4.78, 5) is 4.88. The van der Waals surface area contributed by atoms with Gasteiger partial charge in [-0.3, -0.25) is 4.98 Å². The minimum atomic E-state index is 0.922. The zero-order chi connectivity index (χ0) is 68.0. The van der Waals surface area contributed by atoms with Crippen LogP contribution >= 0.6 is 0 Å². The molecule has 0 spiro atoms. The number of aromatic nitrogens is 1. The smallest absolute Gasteiger partial charge is 0.0702 e.